The number of para-hydroxylation sites is 1. The van der Waals surface area contributed by atoms with E-state index < -0.39 is 0 Å². The molecule has 8 heteroatoms. The molecule has 3 rings (SSSR count). The third-order valence-corrected chi connectivity index (χ3v) is 3.88. The molecule has 0 radical (unpaired) electrons. The number of hydrogen-bond acceptors (Lipinski definition) is 6. The molecule has 0 saturated carbocycles. The summed E-state index contributed by atoms with van der Waals surface area (Å²) >= 11 is 0. The highest BCUT2D eigenvalue weighted by Gasteiger charge is 2.22. The predicted octanol–water partition coefficient (Wildman–Crippen LogP) is 0.174. The van der Waals surface area contributed by atoms with Crippen LogP contribution in [0.5, 0.6) is 5.75 Å². The standard InChI is InChI=1S/C17H23N5O3/c23-17(19-6-8-24-15-4-2-1-3-5-15)12-21-7-9-25-16(10-21)11-22-14-18-13-20-22/h1-5,13-14,16H,6-12H2,(H,19,23). The van der Waals surface area contributed by atoms with Gasteiger partial charge < -0.3 is 14.8 Å². The highest BCUT2D eigenvalue weighted by molar-refractivity contribution is 5.78. The van der Waals surface area contributed by atoms with Crippen LogP contribution < -0.4 is 10.1 Å². The number of carbonyl (C=O) groups excluding carboxylic acids is 1. The minimum absolute atomic E-state index is 0.00179. The fourth-order valence-electron chi connectivity index (χ4n) is 2.71. The lowest BCUT2D eigenvalue weighted by molar-refractivity contribution is -0.124. The summed E-state index contributed by atoms with van der Waals surface area (Å²) in [7, 11) is 0. The van der Waals surface area contributed by atoms with E-state index >= 15 is 0 Å². The monoisotopic (exact) mass is 345 g/mol. The Labute approximate surface area is 146 Å². The molecule has 134 valence electrons. The summed E-state index contributed by atoms with van der Waals surface area (Å²) < 4.78 is 13.0. The molecular weight excluding hydrogens is 322 g/mol. The van der Waals surface area contributed by atoms with Crippen molar-refractivity contribution in [1.82, 2.24) is 25.0 Å². The van der Waals surface area contributed by atoms with Gasteiger partial charge in [-0.25, -0.2) is 4.98 Å². The van der Waals surface area contributed by atoms with Crippen molar-refractivity contribution in [2.45, 2.75) is 12.6 Å². The van der Waals surface area contributed by atoms with Crippen molar-refractivity contribution >= 4 is 5.91 Å². The predicted molar refractivity (Wildman–Crippen MR) is 91.1 cm³/mol. The zero-order valence-corrected chi connectivity index (χ0v) is 14.1. The summed E-state index contributed by atoms with van der Waals surface area (Å²) in [6, 6.07) is 9.56. The summed E-state index contributed by atoms with van der Waals surface area (Å²) in [5.74, 6) is 0.805. The summed E-state index contributed by atoms with van der Waals surface area (Å²) in [6.45, 7) is 4.01. The van der Waals surface area contributed by atoms with Crippen LogP contribution in [0.15, 0.2) is 43.0 Å². The molecule has 1 N–H and O–H groups in total. The molecule has 1 aromatic carbocycles. The molecule has 1 saturated heterocycles. The summed E-state index contributed by atoms with van der Waals surface area (Å²) in [5, 5.41) is 6.97. The third kappa shape index (κ3) is 5.84. The lowest BCUT2D eigenvalue weighted by atomic mass is 10.2. The van der Waals surface area contributed by atoms with Gasteiger partial charge in [-0.15, -0.1) is 0 Å². The molecule has 0 aliphatic carbocycles. The van der Waals surface area contributed by atoms with E-state index in [0.717, 1.165) is 12.3 Å². The topological polar surface area (TPSA) is 81.5 Å². The van der Waals surface area contributed by atoms with Crippen LogP contribution >= 0.6 is 0 Å². The van der Waals surface area contributed by atoms with Crippen LogP contribution in [0.4, 0.5) is 0 Å². The largest absolute Gasteiger partial charge is 0.492 e. The Kier molecular flexibility index (Phi) is 6.35. The molecule has 1 amide bonds. The van der Waals surface area contributed by atoms with Crippen molar-refractivity contribution in [3.8, 4) is 5.75 Å². The fraction of sp³-hybridized carbons (Fsp3) is 0.471. The molecule has 0 spiro atoms. The number of nitrogens with one attached hydrogen (secondary N) is 1. The average Bonchev–Trinajstić information content (AvgIpc) is 3.13. The maximum Gasteiger partial charge on any atom is 0.234 e. The van der Waals surface area contributed by atoms with Crippen LogP contribution in [0, 0.1) is 0 Å². The molecule has 1 unspecified atom stereocenters. The van der Waals surface area contributed by atoms with Gasteiger partial charge in [-0.2, -0.15) is 5.10 Å². The van der Waals surface area contributed by atoms with Crippen LogP contribution in [-0.2, 0) is 16.1 Å². The van der Waals surface area contributed by atoms with E-state index in [1.54, 1.807) is 11.0 Å². The van der Waals surface area contributed by atoms with E-state index in [-0.39, 0.29) is 12.0 Å². The molecule has 1 fully saturated rings. The zero-order chi connectivity index (χ0) is 17.3. The van der Waals surface area contributed by atoms with E-state index in [1.165, 1.54) is 6.33 Å². The van der Waals surface area contributed by atoms with Crippen molar-refractivity contribution in [2.75, 3.05) is 39.4 Å². The first-order valence-electron chi connectivity index (χ1n) is 8.40. The van der Waals surface area contributed by atoms with Gasteiger partial charge in [0.15, 0.2) is 0 Å². The number of morpholine rings is 1. The Bertz CT molecular complexity index is 635. The van der Waals surface area contributed by atoms with Crippen LogP contribution in [0.25, 0.3) is 0 Å². The van der Waals surface area contributed by atoms with Gasteiger partial charge >= 0.3 is 0 Å². The smallest absolute Gasteiger partial charge is 0.234 e. The second-order valence-corrected chi connectivity index (χ2v) is 5.86. The molecule has 1 aromatic heterocycles. The first-order valence-corrected chi connectivity index (χ1v) is 8.40. The third-order valence-electron chi connectivity index (χ3n) is 3.88. The molecule has 2 heterocycles. The van der Waals surface area contributed by atoms with Gasteiger partial charge in [0.25, 0.3) is 0 Å². The van der Waals surface area contributed by atoms with E-state index in [1.807, 2.05) is 30.3 Å². The molecule has 0 bridgehead atoms. The number of amides is 1. The van der Waals surface area contributed by atoms with E-state index in [4.69, 9.17) is 9.47 Å². The number of nitrogens with zero attached hydrogens (tertiary/aromatic N) is 4. The van der Waals surface area contributed by atoms with Crippen molar-refractivity contribution < 1.29 is 14.3 Å². The summed E-state index contributed by atoms with van der Waals surface area (Å²) in [5.41, 5.74) is 0. The Morgan fingerprint density at radius 2 is 2.24 bits per heavy atom. The van der Waals surface area contributed by atoms with Gasteiger partial charge in [0, 0.05) is 13.1 Å². The molecule has 25 heavy (non-hydrogen) atoms. The Balaban J connectivity index is 1.33. The number of rotatable bonds is 8. The molecule has 8 nitrogen and oxygen atoms in total. The van der Waals surface area contributed by atoms with Gasteiger partial charge in [-0.3, -0.25) is 14.4 Å². The van der Waals surface area contributed by atoms with Crippen LogP contribution in [0.2, 0.25) is 0 Å². The highest BCUT2D eigenvalue weighted by Crippen LogP contribution is 2.08. The van der Waals surface area contributed by atoms with Gasteiger partial charge in [-0.05, 0) is 12.1 Å². The van der Waals surface area contributed by atoms with E-state index in [2.05, 4.69) is 20.3 Å². The van der Waals surface area contributed by atoms with E-state index in [9.17, 15) is 4.79 Å². The molecule has 1 aliphatic heterocycles. The van der Waals surface area contributed by atoms with Crippen molar-refractivity contribution in [3.63, 3.8) is 0 Å². The first-order chi connectivity index (χ1) is 12.3. The fourth-order valence-corrected chi connectivity index (χ4v) is 2.71. The van der Waals surface area contributed by atoms with Crippen LogP contribution in [0.1, 0.15) is 0 Å². The zero-order valence-electron chi connectivity index (χ0n) is 14.1. The number of benzene rings is 1. The van der Waals surface area contributed by atoms with E-state index in [0.29, 0.717) is 39.4 Å². The maximum atomic E-state index is 12.1. The van der Waals surface area contributed by atoms with Gasteiger partial charge in [0.1, 0.15) is 25.0 Å². The normalized spacial score (nSPS) is 18.0. The number of hydrogen-bond donors (Lipinski definition) is 1. The Morgan fingerprint density at radius 3 is 3.04 bits per heavy atom. The lowest BCUT2D eigenvalue weighted by Crippen LogP contribution is -2.48. The lowest BCUT2D eigenvalue weighted by Gasteiger charge is -2.32. The maximum absolute atomic E-state index is 12.1. The average molecular weight is 345 g/mol. The van der Waals surface area contributed by atoms with Gasteiger partial charge in [0.2, 0.25) is 5.91 Å². The second kappa shape index (κ2) is 9.14. The number of aromatic nitrogens is 3. The molecule has 1 atom stereocenters. The second-order valence-electron chi connectivity index (χ2n) is 5.86. The van der Waals surface area contributed by atoms with Crippen LogP contribution in [0.3, 0.4) is 0 Å². The van der Waals surface area contributed by atoms with Crippen molar-refractivity contribution in [1.29, 1.82) is 0 Å². The minimum atomic E-state index is -0.00179. The summed E-state index contributed by atoms with van der Waals surface area (Å²) in [4.78, 5) is 18.1. The number of ether oxygens (including phenoxy) is 2. The first kappa shape index (κ1) is 17.4. The van der Waals surface area contributed by atoms with Crippen molar-refractivity contribution in [2.24, 2.45) is 0 Å². The Morgan fingerprint density at radius 1 is 1.36 bits per heavy atom. The quantitative estimate of drug-likeness (QED) is 0.687. The number of carbonyl (C=O) groups is 1. The minimum Gasteiger partial charge on any atom is -0.492 e. The van der Waals surface area contributed by atoms with Crippen LogP contribution in [-0.4, -0.2) is 71.1 Å². The SMILES string of the molecule is O=C(CN1CCOC(Cn2cncn2)C1)NCCOc1ccccc1. The van der Waals surface area contributed by atoms with Gasteiger partial charge in [-0.1, -0.05) is 18.2 Å². The van der Waals surface area contributed by atoms with Gasteiger partial charge in [0.05, 0.1) is 32.3 Å². The van der Waals surface area contributed by atoms with Crippen molar-refractivity contribution in [3.05, 3.63) is 43.0 Å². The summed E-state index contributed by atoms with van der Waals surface area (Å²) in [6.07, 6.45) is 3.19. The molecular formula is C17H23N5O3. The molecule has 1 aliphatic rings. The molecule has 2 aromatic rings. The Hall–Kier alpha value is -2.45. The highest BCUT2D eigenvalue weighted by atomic mass is 16.5.